The minimum atomic E-state index is -1.35. The summed E-state index contributed by atoms with van der Waals surface area (Å²) in [7, 11) is 1.29. The van der Waals surface area contributed by atoms with Gasteiger partial charge in [0.05, 0.1) is 23.7 Å². The van der Waals surface area contributed by atoms with Gasteiger partial charge in [0.25, 0.3) is 0 Å². The Morgan fingerprint density at radius 2 is 1.78 bits per heavy atom. The molecule has 0 aliphatic carbocycles. The fourth-order valence-electron chi connectivity index (χ4n) is 6.18. The largest absolute Gasteiger partial charge is 0.465 e. The topological polar surface area (TPSA) is 96.5 Å². The molecule has 41 heavy (non-hydrogen) atoms. The minimum Gasteiger partial charge on any atom is -0.465 e. The van der Waals surface area contributed by atoms with E-state index in [4.69, 9.17) is 27.9 Å². The second-order valence-electron chi connectivity index (χ2n) is 11.7. The molecule has 10 heteroatoms. The van der Waals surface area contributed by atoms with Gasteiger partial charge in [0.2, 0.25) is 11.8 Å². The number of benzene rings is 3. The number of halogens is 3. The maximum atomic E-state index is 15.9. The van der Waals surface area contributed by atoms with Gasteiger partial charge in [-0.05, 0) is 65.4 Å². The second-order valence-corrected chi connectivity index (χ2v) is 12.5. The van der Waals surface area contributed by atoms with Crippen LogP contribution in [0.15, 0.2) is 60.7 Å². The van der Waals surface area contributed by atoms with Crippen LogP contribution in [0.1, 0.15) is 54.6 Å². The maximum Gasteiger partial charge on any atom is 0.337 e. The standard InChI is InChI=1S/C31H30Cl2FN3O4/c1-30(2,3)15-23-31(20-13-10-17(32)14-22(20)36-29(31)40)24(19-6-5-7-21(33)25(19)34)26(37-23)27(38)35-18-11-8-16(9-12-18)28(39)41-4/h5-14,23-24,26,37H,15H2,1-4H3,(H,35,38)(H,36,40)/t23-,24-,26+,31+/m0/s1. The zero-order valence-electron chi connectivity index (χ0n) is 23.0. The number of methoxy groups -OCH3 is 1. The van der Waals surface area contributed by atoms with Crippen molar-refractivity contribution in [2.45, 2.75) is 50.6 Å². The van der Waals surface area contributed by atoms with Crippen LogP contribution in [0.4, 0.5) is 15.8 Å². The van der Waals surface area contributed by atoms with Crippen LogP contribution in [0.3, 0.4) is 0 Å². The maximum absolute atomic E-state index is 15.9. The van der Waals surface area contributed by atoms with Crippen molar-refractivity contribution in [1.82, 2.24) is 5.32 Å². The molecule has 1 spiro atoms. The number of carbonyl (C=O) groups excluding carboxylic acids is 3. The number of amides is 2. The molecule has 7 nitrogen and oxygen atoms in total. The molecule has 2 aliphatic heterocycles. The van der Waals surface area contributed by atoms with Crippen LogP contribution in [-0.2, 0) is 19.7 Å². The van der Waals surface area contributed by atoms with Gasteiger partial charge in [0, 0.05) is 28.4 Å². The molecule has 0 unspecified atom stereocenters. The molecular formula is C31H30Cl2FN3O4. The molecule has 2 aliphatic rings. The molecular weight excluding hydrogens is 568 g/mol. The van der Waals surface area contributed by atoms with E-state index in [1.54, 1.807) is 42.5 Å². The van der Waals surface area contributed by atoms with Crippen LogP contribution in [0.5, 0.6) is 0 Å². The molecule has 2 heterocycles. The van der Waals surface area contributed by atoms with Gasteiger partial charge in [-0.2, -0.15) is 0 Å². The van der Waals surface area contributed by atoms with Gasteiger partial charge in [-0.25, -0.2) is 9.18 Å². The summed E-state index contributed by atoms with van der Waals surface area (Å²) >= 11 is 12.5. The van der Waals surface area contributed by atoms with E-state index in [-0.39, 0.29) is 21.9 Å². The lowest BCUT2D eigenvalue weighted by molar-refractivity contribution is -0.122. The fourth-order valence-corrected chi connectivity index (χ4v) is 6.53. The lowest BCUT2D eigenvalue weighted by Gasteiger charge is -2.37. The lowest BCUT2D eigenvalue weighted by Crippen LogP contribution is -2.49. The number of hydrogen-bond acceptors (Lipinski definition) is 5. The monoisotopic (exact) mass is 597 g/mol. The number of carbonyl (C=O) groups is 3. The van der Waals surface area contributed by atoms with Crippen LogP contribution >= 0.6 is 23.2 Å². The SMILES string of the molecule is COC(=O)c1ccc(NC(=O)[C@@H]2N[C@@H](CC(C)(C)C)[C@@]3(C(=O)Nc4cc(Cl)ccc43)[C@H]2c2cccc(Cl)c2F)cc1. The van der Waals surface area contributed by atoms with Crippen LogP contribution in [-0.4, -0.2) is 37.0 Å². The average molecular weight is 599 g/mol. The third kappa shape index (κ3) is 5.09. The van der Waals surface area contributed by atoms with Crippen molar-refractivity contribution in [3.8, 4) is 0 Å². The fraction of sp³-hybridized carbons (Fsp3) is 0.323. The van der Waals surface area contributed by atoms with Gasteiger partial charge in [-0.1, -0.05) is 62.2 Å². The summed E-state index contributed by atoms with van der Waals surface area (Å²) in [5.41, 5.74) is 0.449. The molecule has 0 radical (unpaired) electrons. The first-order chi connectivity index (χ1) is 19.4. The van der Waals surface area contributed by atoms with Gasteiger partial charge in [-0.15, -0.1) is 0 Å². The van der Waals surface area contributed by atoms with Gasteiger partial charge in [0.1, 0.15) is 11.2 Å². The summed E-state index contributed by atoms with van der Waals surface area (Å²) in [4.78, 5) is 40.0. The van der Waals surface area contributed by atoms with Crippen molar-refractivity contribution in [2.75, 3.05) is 17.7 Å². The van der Waals surface area contributed by atoms with Crippen molar-refractivity contribution >= 4 is 52.4 Å². The molecule has 1 fully saturated rings. The van der Waals surface area contributed by atoms with E-state index in [1.807, 2.05) is 20.8 Å². The average Bonchev–Trinajstić information content (AvgIpc) is 3.39. The predicted molar refractivity (Wildman–Crippen MR) is 157 cm³/mol. The van der Waals surface area contributed by atoms with Crippen molar-refractivity contribution in [3.05, 3.63) is 93.2 Å². The molecule has 3 N–H and O–H groups in total. The van der Waals surface area contributed by atoms with Gasteiger partial charge in [-0.3, -0.25) is 9.59 Å². The molecule has 4 atom stereocenters. The molecule has 3 aromatic rings. The first-order valence-corrected chi connectivity index (χ1v) is 13.9. The highest BCUT2D eigenvalue weighted by molar-refractivity contribution is 6.31. The van der Waals surface area contributed by atoms with Crippen molar-refractivity contribution in [1.29, 1.82) is 0 Å². The smallest absolute Gasteiger partial charge is 0.337 e. The molecule has 0 aromatic heterocycles. The molecule has 5 rings (SSSR count). The summed E-state index contributed by atoms with van der Waals surface area (Å²) in [5, 5.41) is 9.60. The highest BCUT2D eigenvalue weighted by atomic mass is 35.5. The number of anilines is 2. The summed E-state index contributed by atoms with van der Waals surface area (Å²) in [6.45, 7) is 6.13. The van der Waals surface area contributed by atoms with Gasteiger partial charge >= 0.3 is 5.97 Å². The zero-order valence-corrected chi connectivity index (χ0v) is 24.5. The number of nitrogens with one attached hydrogen (secondary N) is 3. The van der Waals surface area contributed by atoms with Gasteiger partial charge in [0.15, 0.2) is 0 Å². The van der Waals surface area contributed by atoms with Gasteiger partial charge < -0.3 is 20.7 Å². The molecule has 1 saturated heterocycles. The normalized spacial score (nSPS) is 23.3. The highest BCUT2D eigenvalue weighted by Crippen LogP contribution is 2.57. The Morgan fingerprint density at radius 3 is 2.44 bits per heavy atom. The zero-order chi connectivity index (χ0) is 29.7. The Balaban J connectivity index is 1.66. The summed E-state index contributed by atoms with van der Waals surface area (Å²) in [5.74, 6) is -2.97. The Hall–Kier alpha value is -3.46. The van der Waals surface area contributed by atoms with Crippen LogP contribution < -0.4 is 16.0 Å². The van der Waals surface area contributed by atoms with E-state index in [0.29, 0.717) is 33.9 Å². The third-order valence-corrected chi connectivity index (χ3v) is 8.32. The van der Waals surface area contributed by atoms with E-state index in [0.717, 1.165) is 0 Å². The first-order valence-electron chi connectivity index (χ1n) is 13.2. The van der Waals surface area contributed by atoms with E-state index in [9.17, 15) is 14.4 Å². The van der Waals surface area contributed by atoms with Crippen molar-refractivity contribution < 1.29 is 23.5 Å². The Bertz CT molecular complexity index is 1540. The molecule has 0 bridgehead atoms. The summed E-state index contributed by atoms with van der Waals surface area (Å²) in [6.07, 6.45) is 0.499. The quantitative estimate of drug-likeness (QED) is 0.300. The van der Waals surface area contributed by atoms with Crippen LogP contribution in [0, 0.1) is 11.2 Å². The molecule has 214 valence electrons. The highest BCUT2D eigenvalue weighted by Gasteiger charge is 2.66. The van der Waals surface area contributed by atoms with Crippen molar-refractivity contribution in [3.63, 3.8) is 0 Å². The van der Waals surface area contributed by atoms with Crippen LogP contribution in [0.25, 0.3) is 0 Å². The Labute approximate surface area is 247 Å². The van der Waals surface area contributed by atoms with E-state index >= 15 is 4.39 Å². The number of fused-ring (bicyclic) bond motifs is 2. The third-order valence-electron chi connectivity index (χ3n) is 7.79. The van der Waals surface area contributed by atoms with Crippen molar-refractivity contribution in [2.24, 2.45) is 5.41 Å². The lowest BCUT2D eigenvalue weighted by atomic mass is 9.62. The van der Waals surface area contributed by atoms with E-state index in [1.165, 1.54) is 25.3 Å². The van der Waals surface area contributed by atoms with Crippen LogP contribution in [0.2, 0.25) is 10.0 Å². The summed E-state index contributed by atoms with van der Waals surface area (Å²) < 4.78 is 20.6. The number of esters is 1. The number of hydrogen-bond donors (Lipinski definition) is 3. The number of ether oxygens (including phenoxy) is 1. The molecule has 3 aromatic carbocycles. The Kier molecular flexibility index (Phi) is 7.61. The predicted octanol–water partition coefficient (Wildman–Crippen LogP) is 6.31. The van der Waals surface area contributed by atoms with E-state index < -0.39 is 41.1 Å². The first kappa shape index (κ1) is 29.0. The second kappa shape index (κ2) is 10.7. The molecule has 0 saturated carbocycles. The summed E-state index contributed by atoms with van der Waals surface area (Å²) in [6, 6.07) is 14.4. The minimum absolute atomic E-state index is 0.107. The Morgan fingerprint density at radius 1 is 1.07 bits per heavy atom. The number of rotatable bonds is 5. The van der Waals surface area contributed by atoms with E-state index in [2.05, 4.69) is 16.0 Å². The molecule has 2 amide bonds.